The average molecular weight is 800 g/mol. The Bertz CT molecular complexity index is 1750. The Morgan fingerprint density at radius 3 is 2.21 bits per heavy atom. The number of aliphatic hydroxyl groups excluding tert-OH is 6. The molecule has 13 heteroatoms. The summed E-state index contributed by atoms with van der Waals surface area (Å²) in [6, 6.07) is 7.18. The highest BCUT2D eigenvalue weighted by Gasteiger charge is 2.72. The molecule has 4 saturated carbocycles. The zero-order valence-corrected chi connectivity index (χ0v) is 34.5. The Balaban J connectivity index is 1.20. The summed E-state index contributed by atoms with van der Waals surface area (Å²) in [5.41, 5.74) is -0.930. The number of para-hydroxylation sites is 1. The normalized spacial score (nSPS) is 47.6. The second-order valence-corrected chi connectivity index (χ2v) is 20.2. The van der Waals surface area contributed by atoms with Crippen LogP contribution in [0.15, 0.2) is 35.9 Å². The molecule has 7 rings (SSSR count). The van der Waals surface area contributed by atoms with Gasteiger partial charge in [-0.1, -0.05) is 65.3 Å². The zero-order chi connectivity index (χ0) is 41.7. The van der Waals surface area contributed by atoms with Crippen LogP contribution in [0.5, 0.6) is 0 Å². The minimum absolute atomic E-state index is 0.0418. The van der Waals surface area contributed by atoms with E-state index in [9.17, 15) is 45.3 Å². The number of nitrogens with one attached hydrogen (secondary N) is 1. The van der Waals surface area contributed by atoms with Crippen LogP contribution in [0.1, 0.15) is 103 Å². The van der Waals surface area contributed by atoms with E-state index in [0.717, 1.165) is 25.7 Å². The summed E-state index contributed by atoms with van der Waals surface area (Å²) in [6.45, 7) is 12.7. The molecular weight excluding hydrogens is 734 g/mol. The molecule has 1 aromatic rings. The predicted octanol–water partition coefficient (Wildman–Crippen LogP) is 3.88. The number of carboxylic acids is 1. The molecule has 0 radical (unpaired) electrons. The van der Waals surface area contributed by atoms with Gasteiger partial charge in [0.25, 0.3) is 0 Å². The lowest BCUT2D eigenvalue weighted by Crippen LogP contribution is -2.70. The van der Waals surface area contributed by atoms with Crippen molar-refractivity contribution in [3.8, 4) is 0 Å². The molecule has 16 atom stereocenters. The maximum atomic E-state index is 13.9. The number of hydrogen-bond acceptors (Lipinski definition) is 12. The molecule has 6 aliphatic rings. The molecule has 0 spiro atoms. The summed E-state index contributed by atoms with van der Waals surface area (Å²) in [4.78, 5) is 25.7. The van der Waals surface area contributed by atoms with E-state index in [1.165, 1.54) is 5.57 Å². The molecule has 1 heterocycles. The first-order chi connectivity index (χ1) is 26.7. The second kappa shape index (κ2) is 14.5. The van der Waals surface area contributed by atoms with Crippen LogP contribution in [0.2, 0.25) is 0 Å². The van der Waals surface area contributed by atoms with Crippen LogP contribution in [0, 0.1) is 50.2 Å². The number of aliphatic hydroxyl groups is 6. The third-order valence-corrected chi connectivity index (χ3v) is 17.0. The summed E-state index contributed by atoms with van der Waals surface area (Å²) in [7, 11) is 1.75. The molecule has 5 fully saturated rings. The molecule has 1 saturated heterocycles. The third-order valence-electron chi connectivity index (χ3n) is 17.0. The van der Waals surface area contributed by atoms with E-state index in [1.807, 2.05) is 19.1 Å². The smallest absolute Gasteiger partial charge is 0.340 e. The van der Waals surface area contributed by atoms with Crippen LogP contribution in [0.4, 0.5) is 5.69 Å². The fourth-order valence-electron chi connectivity index (χ4n) is 13.7. The number of fused-ring (bicyclic) bond motifs is 7. The van der Waals surface area contributed by atoms with Gasteiger partial charge in [-0.25, -0.2) is 9.59 Å². The minimum Gasteiger partial charge on any atom is -0.479 e. The summed E-state index contributed by atoms with van der Waals surface area (Å²) >= 11 is 0. The van der Waals surface area contributed by atoms with E-state index in [2.05, 4.69) is 46.0 Å². The van der Waals surface area contributed by atoms with Gasteiger partial charge in [-0.05, 0) is 103 Å². The molecular formula is C44H65NO12. The lowest BCUT2D eigenvalue weighted by Gasteiger charge is -2.72. The number of carboxylic acid groups (broad SMARTS) is 1. The van der Waals surface area contributed by atoms with Crippen LogP contribution in [0.3, 0.4) is 0 Å². The Hall–Kier alpha value is -2.62. The van der Waals surface area contributed by atoms with Gasteiger partial charge >= 0.3 is 11.9 Å². The number of carbonyl (C=O) groups is 2. The first-order valence-corrected chi connectivity index (χ1v) is 20.8. The number of carbonyl (C=O) groups excluding carboxylic acids is 1. The van der Waals surface area contributed by atoms with Crippen molar-refractivity contribution in [2.45, 2.75) is 142 Å². The second-order valence-electron chi connectivity index (χ2n) is 20.2. The van der Waals surface area contributed by atoms with Gasteiger partial charge in [0, 0.05) is 18.2 Å². The van der Waals surface area contributed by atoms with E-state index < -0.39 is 77.2 Å². The zero-order valence-electron chi connectivity index (χ0n) is 34.5. The fraction of sp³-hybridized carbons (Fsp3) is 0.773. The number of allylic oxidation sites excluding steroid dienone is 2. The van der Waals surface area contributed by atoms with Gasteiger partial charge in [0.05, 0.1) is 36.4 Å². The fourth-order valence-corrected chi connectivity index (χ4v) is 13.7. The van der Waals surface area contributed by atoms with Crippen molar-refractivity contribution in [2.24, 2.45) is 50.2 Å². The quantitative estimate of drug-likeness (QED) is 0.107. The standard InChI is InChI=1S/C44H65NO12/c1-39(2)18-25-24-12-13-28-40(3)16-15-30(56-38-34(51)32(49)33(50)35(57-38)36(52)53)41(4,21-46)27(40)14-17-42(28,5)43(24,6)19-29(48)44(25,22-47)31(20-39)55-37(54)23-10-8-9-11-26(23)45-7/h8-12,25,27-35,38,45-51H,13-22H2,1-7H3,(H,52,53)/t25-,27+,28+,29-,30-,31-,32-,33-,34+,35-,38+,40-,41-,42+,43+,44-/m0/s1. The molecule has 0 unspecified atom stereocenters. The Labute approximate surface area is 335 Å². The largest absolute Gasteiger partial charge is 0.479 e. The van der Waals surface area contributed by atoms with E-state index in [-0.39, 0.29) is 47.2 Å². The van der Waals surface area contributed by atoms with Gasteiger partial charge in [0.15, 0.2) is 12.4 Å². The highest BCUT2D eigenvalue weighted by atomic mass is 16.7. The molecule has 57 heavy (non-hydrogen) atoms. The number of ether oxygens (including phenoxy) is 3. The SMILES string of the molecule is CNc1ccccc1C(=O)O[C@H]1CC(C)(C)C[C@H]2C3=CC[C@@H]4[C@@]5(C)CC[C@H](O[C@@H]6O[C@H](C(=O)O)[C@@H](O)[C@H](O)[C@H]6O)[C@@](C)(CO)[C@@H]5CC[C@@]4(C)[C@]3(C)C[C@H](O)[C@@]12CO. The molecule has 13 nitrogen and oxygen atoms in total. The van der Waals surface area contributed by atoms with Crippen molar-refractivity contribution in [3.63, 3.8) is 0 Å². The lowest BCUT2D eigenvalue weighted by atomic mass is 9.33. The van der Waals surface area contributed by atoms with Gasteiger partial charge in [0.2, 0.25) is 0 Å². The predicted molar refractivity (Wildman–Crippen MR) is 209 cm³/mol. The number of aliphatic carboxylic acids is 1. The van der Waals surface area contributed by atoms with Crippen molar-refractivity contribution < 1.29 is 59.5 Å². The highest BCUT2D eigenvalue weighted by Crippen LogP contribution is 2.76. The monoisotopic (exact) mass is 799 g/mol. The number of hydrogen-bond donors (Lipinski definition) is 8. The summed E-state index contributed by atoms with van der Waals surface area (Å²) < 4.78 is 18.3. The topological polar surface area (TPSA) is 215 Å². The Morgan fingerprint density at radius 2 is 1.56 bits per heavy atom. The molecule has 1 aliphatic heterocycles. The molecule has 0 aromatic heterocycles. The van der Waals surface area contributed by atoms with Crippen molar-refractivity contribution in [1.82, 2.24) is 0 Å². The van der Waals surface area contributed by atoms with Crippen LogP contribution in [-0.4, -0.2) is 117 Å². The molecule has 318 valence electrons. The van der Waals surface area contributed by atoms with Gasteiger partial charge < -0.3 is 55.3 Å². The summed E-state index contributed by atoms with van der Waals surface area (Å²) in [6.07, 6.45) is -3.51. The maximum Gasteiger partial charge on any atom is 0.340 e. The molecule has 1 aromatic carbocycles. The molecule has 8 N–H and O–H groups in total. The first kappa shape index (κ1) is 42.5. The van der Waals surface area contributed by atoms with E-state index >= 15 is 0 Å². The molecule has 0 bridgehead atoms. The van der Waals surface area contributed by atoms with Crippen LogP contribution >= 0.6 is 0 Å². The van der Waals surface area contributed by atoms with Crippen LogP contribution in [0.25, 0.3) is 0 Å². The maximum absolute atomic E-state index is 13.9. The van der Waals surface area contributed by atoms with Gasteiger partial charge in [0.1, 0.15) is 24.4 Å². The van der Waals surface area contributed by atoms with E-state index in [0.29, 0.717) is 36.9 Å². The molecule has 0 amide bonds. The van der Waals surface area contributed by atoms with Gasteiger partial charge in [-0.2, -0.15) is 0 Å². The minimum atomic E-state index is -1.83. The van der Waals surface area contributed by atoms with Crippen molar-refractivity contribution in [3.05, 3.63) is 41.5 Å². The Kier molecular flexibility index (Phi) is 10.8. The lowest BCUT2D eigenvalue weighted by molar-refractivity contribution is -0.327. The third kappa shape index (κ3) is 6.15. The number of anilines is 1. The average Bonchev–Trinajstić information content (AvgIpc) is 3.15. The number of esters is 1. The summed E-state index contributed by atoms with van der Waals surface area (Å²) in [5.74, 6) is -2.11. The van der Waals surface area contributed by atoms with Crippen molar-refractivity contribution in [2.75, 3.05) is 25.6 Å². The first-order valence-electron chi connectivity index (χ1n) is 20.8. The van der Waals surface area contributed by atoms with Gasteiger partial charge in [-0.15, -0.1) is 0 Å². The van der Waals surface area contributed by atoms with Crippen LogP contribution < -0.4 is 5.32 Å². The molecule has 5 aliphatic carbocycles. The Morgan fingerprint density at radius 1 is 0.860 bits per heavy atom. The van der Waals surface area contributed by atoms with Gasteiger partial charge in [-0.3, -0.25) is 0 Å². The number of rotatable bonds is 8. The van der Waals surface area contributed by atoms with Crippen molar-refractivity contribution >= 4 is 17.6 Å². The highest BCUT2D eigenvalue weighted by molar-refractivity contribution is 5.95. The van der Waals surface area contributed by atoms with Crippen molar-refractivity contribution in [1.29, 1.82) is 0 Å². The summed E-state index contributed by atoms with van der Waals surface area (Å²) in [5, 5.41) is 79.4. The van der Waals surface area contributed by atoms with E-state index in [1.54, 1.807) is 19.2 Å². The number of benzene rings is 1. The van der Waals surface area contributed by atoms with Crippen LogP contribution in [-0.2, 0) is 19.0 Å². The van der Waals surface area contributed by atoms with E-state index in [4.69, 9.17) is 14.2 Å².